The zero-order valence-corrected chi connectivity index (χ0v) is 38.6. The molecule has 0 aliphatic carbocycles. The molecule has 0 aromatic heterocycles. The Balaban J connectivity index is 4.75. The van der Waals surface area contributed by atoms with Gasteiger partial charge in [0.2, 0.25) is 0 Å². The molecular weight excluding hydrogens is 838 g/mol. The molecule has 352 valence electrons. The molecule has 0 saturated carbocycles. The van der Waals surface area contributed by atoms with Crippen molar-refractivity contribution in [3.63, 3.8) is 0 Å². The predicted octanol–water partition coefficient (Wildman–Crippen LogP) is 10.1. The van der Waals surface area contributed by atoms with Gasteiger partial charge >= 0.3 is 27.6 Å². The maximum atomic E-state index is 12.6. The molecule has 0 bridgehead atoms. The fourth-order valence-corrected chi connectivity index (χ4v) is 6.18. The van der Waals surface area contributed by atoms with Crippen LogP contribution in [0.4, 0.5) is 0 Å². The van der Waals surface area contributed by atoms with Crippen LogP contribution in [0.25, 0.3) is 0 Å². The van der Waals surface area contributed by atoms with Gasteiger partial charge in [-0.3, -0.25) is 23.2 Å². The molecule has 0 aliphatic heterocycles. The number of aliphatic hydroxyl groups excluding tert-OH is 2. The largest absolute Gasteiger partial charge is 0.472 e. The molecule has 0 heterocycles. The molecule has 0 radical (unpaired) electrons. The second-order valence-corrected chi connectivity index (χ2v) is 16.7. The number of hydrogen-bond donors (Lipinski definition) is 5. The summed E-state index contributed by atoms with van der Waals surface area (Å²) in [6.45, 7) is 1.30. The highest BCUT2D eigenvalue weighted by Gasteiger charge is 2.28. The van der Waals surface area contributed by atoms with E-state index in [1.807, 2.05) is 36.5 Å². The summed E-state index contributed by atoms with van der Waals surface area (Å²) in [5.74, 6) is -1.22. The third kappa shape index (κ3) is 43.4. The first-order valence-electron chi connectivity index (χ1n) is 21.7. The van der Waals surface area contributed by atoms with Gasteiger partial charge in [0.1, 0.15) is 12.7 Å². The number of unbranched alkanes of at least 4 members (excludes halogenated alkanes) is 4. The second-order valence-electron chi connectivity index (χ2n) is 14.1. The smallest absolute Gasteiger partial charge is 0.462 e. The first kappa shape index (κ1) is 58.7. The van der Waals surface area contributed by atoms with Crippen molar-refractivity contribution >= 4 is 27.6 Å². The van der Waals surface area contributed by atoms with Crippen LogP contribution in [-0.4, -0.2) is 81.6 Å². The topological polar surface area (TPSA) is 216 Å². The average Bonchev–Trinajstić information content (AvgIpc) is 3.23. The fraction of sp³-hybridized carbons (Fsp3) is 0.565. The Morgan fingerprint density at radius 3 is 1.58 bits per heavy atom. The van der Waals surface area contributed by atoms with E-state index < -0.39 is 72.3 Å². The second kappa shape index (κ2) is 40.5. The Morgan fingerprint density at radius 2 is 1.02 bits per heavy atom. The van der Waals surface area contributed by atoms with Crippen molar-refractivity contribution in [2.24, 2.45) is 0 Å². The Kier molecular flexibility index (Phi) is 38.4. The van der Waals surface area contributed by atoms with E-state index in [0.717, 1.165) is 70.6 Å². The molecule has 2 unspecified atom stereocenters. The molecule has 62 heavy (non-hydrogen) atoms. The van der Waals surface area contributed by atoms with Crippen molar-refractivity contribution in [2.75, 3.05) is 26.4 Å². The summed E-state index contributed by atoms with van der Waals surface area (Å²) in [6, 6.07) is 0. The summed E-state index contributed by atoms with van der Waals surface area (Å²) in [5.41, 5.74) is 0. The average molecular weight is 913 g/mol. The van der Waals surface area contributed by atoms with E-state index in [-0.39, 0.29) is 12.8 Å². The number of hydrogen-bond acceptors (Lipinski definition) is 11. The monoisotopic (exact) mass is 912 g/mol. The van der Waals surface area contributed by atoms with Gasteiger partial charge in [-0.15, -0.1) is 0 Å². The normalized spacial score (nSPS) is 15.5. The van der Waals surface area contributed by atoms with Crippen LogP contribution in [-0.2, 0) is 41.8 Å². The molecule has 16 heteroatoms. The van der Waals surface area contributed by atoms with Crippen LogP contribution in [0, 0.1) is 0 Å². The van der Waals surface area contributed by atoms with Crippen LogP contribution in [0.3, 0.4) is 0 Å². The molecule has 0 saturated heterocycles. The number of esters is 2. The first-order valence-corrected chi connectivity index (χ1v) is 24.7. The van der Waals surface area contributed by atoms with Gasteiger partial charge in [0.15, 0.2) is 6.10 Å². The van der Waals surface area contributed by atoms with E-state index in [9.17, 15) is 33.8 Å². The Bertz CT molecular complexity index is 1520. The highest BCUT2D eigenvalue weighted by Crippen LogP contribution is 2.43. The molecule has 0 fully saturated rings. The van der Waals surface area contributed by atoms with E-state index in [4.69, 9.17) is 23.8 Å². The number of allylic oxidation sites excluding steroid dienone is 17. The van der Waals surface area contributed by atoms with Gasteiger partial charge in [0, 0.05) is 12.8 Å². The van der Waals surface area contributed by atoms with Crippen molar-refractivity contribution in [1.82, 2.24) is 0 Å². The molecule has 5 N–H and O–H groups in total. The van der Waals surface area contributed by atoms with Crippen LogP contribution >= 0.6 is 15.6 Å². The molecule has 0 amide bonds. The lowest BCUT2D eigenvalue weighted by Crippen LogP contribution is -2.29. The van der Waals surface area contributed by atoms with Gasteiger partial charge in [-0.25, -0.2) is 9.13 Å². The van der Waals surface area contributed by atoms with Crippen molar-refractivity contribution in [3.8, 4) is 0 Å². The standard InChI is InChI=1S/C46H74O14P2/c1-3-5-7-9-11-12-13-14-15-16-17-18-19-20-21-22-24-28-33-37-46(50)60-44(41-59-62(54,55)58-39-43(48)38-57-61(51,52)53)40-56-45(49)36-32-29-25-27-31-35-42(47)34-30-26-23-10-8-6-4-2/h5-8,11-12,14-15,17-18,20-21,23-24,26,28,30,34,42-44,47-48H,3-4,9-10,13,16,19,22,25,27,29,31-33,35-41H2,1-2H3,(H,54,55)(H2,51,52,53)/b7-5-,8-6+,12-11-,15-14-,18-17-,21-20-,26-23+,28-24-,34-30+/t42?,43-,44+/m0/s1. The van der Waals surface area contributed by atoms with Crippen LogP contribution in [0.1, 0.15) is 123 Å². The highest BCUT2D eigenvalue weighted by atomic mass is 31.2. The molecular formula is C46H74O14P2. The van der Waals surface area contributed by atoms with Crippen molar-refractivity contribution in [3.05, 3.63) is 109 Å². The highest BCUT2D eigenvalue weighted by molar-refractivity contribution is 7.47. The summed E-state index contributed by atoms with van der Waals surface area (Å²) in [5, 5.41) is 19.9. The molecule has 0 aliphatic rings. The number of phosphoric ester groups is 2. The zero-order valence-electron chi connectivity index (χ0n) is 36.8. The summed E-state index contributed by atoms with van der Waals surface area (Å²) in [4.78, 5) is 52.7. The van der Waals surface area contributed by atoms with E-state index in [1.165, 1.54) is 0 Å². The van der Waals surface area contributed by atoms with E-state index >= 15 is 0 Å². The van der Waals surface area contributed by atoms with Gasteiger partial charge in [-0.1, -0.05) is 149 Å². The lowest BCUT2D eigenvalue weighted by molar-refractivity contribution is -0.161. The van der Waals surface area contributed by atoms with Gasteiger partial charge in [0.05, 0.1) is 25.9 Å². The Hall–Kier alpha value is -3.26. The fourth-order valence-electron chi connectivity index (χ4n) is 5.03. The molecule has 0 aromatic carbocycles. The third-order valence-corrected chi connectivity index (χ3v) is 9.70. The van der Waals surface area contributed by atoms with Crippen LogP contribution in [0.5, 0.6) is 0 Å². The molecule has 14 nitrogen and oxygen atoms in total. The number of phosphoric acid groups is 2. The minimum atomic E-state index is -4.89. The Morgan fingerprint density at radius 1 is 0.532 bits per heavy atom. The van der Waals surface area contributed by atoms with Gasteiger partial charge in [0.25, 0.3) is 0 Å². The SMILES string of the molecule is CC/C=C\C/C=C\C/C=C\C/C=C\C/C=C\C/C=C\CCC(=O)O[C@H](COC(=O)CCCCCCCC(O)/C=C/C=C/C/C=C/CC)COP(=O)(O)OC[C@@H](O)COP(=O)(O)O. The third-order valence-electron chi connectivity index (χ3n) is 8.26. The lowest BCUT2D eigenvalue weighted by atomic mass is 10.1. The minimum absolute atomic E-state index is 0.0209. The number of carbonyl (C=O) groups is 2. The number of rotatable bonds is 39. The molecule has 0 spiro atoms. The molecule has 0 rings (SSSR count). The predicted molar refractivity (Wildman–Crippen MR) is 245 cm³/mol. The van der Waals surface area contributed by atoms with Crippen LogP contribution in [0.15, 0.2) is 109 Å². The van der Waals surface area contributed by atoms with E-state index in [0.29, 0.717) is 25.7 Å². The Labute approximate surface area is 370 Å². The van der Waals surface area contributed by atoms with Crippen LogP contribution < -0.4 is 0 Å². The number of aliphatic hydroxyl groups is 2. The quantitative estimate of drug-likeness (QED) is 0.0128. The summed E-state index contributed by atoms with van der Waals surface area (Å²) in [7, 11) is -9.75. The first-order chi connectivity index (χ1) is 29.8. The lowest BCUT2D eigenvalue weighted by Gasteiger charge is -2.20. The minimum Gasteiger partial charge on any atom is -0.462 e. The number of ether oxygens (including phenoxy) is 2. The van der Waals surface area contributed by atoms with Crippen molar-refractivity contribution in [2.45, 2.75) is 141 Å². The van der Waals surface area contributed by atoms with Crippen LogP contribution in [0.2, 0.25) is 0 Å². The van der Waals surface area contributed by atoms with Gasteiger partial charge < -0.3 is 34.4 Å². The molecule has 4 atom stereocenters. The summed E-state index contributed by atoms with van der Waals surface area (Å²) >= 11 is 0. The summed E-state index contributed by atoms with van der Waals surface area (Å²) < 4.78 is 47.6. The van der Waals surface area contributed by atoms with Crippen molar-refractivity contribution < 1.29 is 66.7 Å². The van der Waals surface area contributed by atoms with E-state index in [2.05, 4.69) is 89.7 Å². The van der Waals surface area contributed by atoms with E-state index in [1.54, 1.807) is 6.08 Å². The zero-order chi connectivity index (χ0) is 46.0. The van der Waals surface area contributed by atoms with Gasteiger partial charge in [-0.05, 0) is 70.6 Å². The molecule has 0 aromatic rings. The van der Waals surface area contributed by atoms with Gasteiger partial charge in [-0.2, -0.15) is 0 Å². The maximum absolute atomic E-state index is 12.6. The maximum Gasteiger partial charge on any atom is 0.472 e. The van der Waals surface area contributed by atoms with Crippen molar-refractivity contribution in [1.29, 1.82) is 0 Å². The summed E-state index contributed by atoms with van der Waals surface area (Å²) in [6.07, 6.45) is 45.5. The number of carbonyl (C=O) groups excluding carboxylic acids is 2.